The molecule has 5 nitrogen and oxygen atoms in total. The fraction of sp³-hybridized carbons (Fsp3) is 0.435. The van der Waals surface area contributed by atoms with Crippen LogP contribution >= 0.6 is 0 Å². The van der Waals surface area contributed by atoms with E-state index in [-0.39, 0.29) is 22.8 Å². The average Bonchev–Trinajstić information content (AvgIpc) is 2.95. The van der Waals surface area contributed by atoms with Crippen molar-refractivity contribution < 1.29 is 13.2 Å². The zero-order chi connectivity index (χ0) is 20.8. The molecule has 1 heterocycles. The van der Waals surface area contributed by atoms with Gasteiger partial charge in [-0.1, -0.05) is 32.4 Å². The SMILES string of the molecule is CC(C)c1ccc(NS(=O)(=O)c2ccc3c(c2)C[C@@H](C)N3C(=O)C2CCC2)cc1. The van der Waals surface area contributed by atoms with Crippen LogP contribution in [0.3, 0.4) is 0 Å². The van der Waals surface area contributed by atoms with Gasteiger partial charge in [0.15, 0.2) is 0 Å². The van der Waals surface area contributed by atoms with Gasteiger partial charge in [0.2, 0.25) is 5.91 Å². The van der Waals surface area contributed by atoms with Gasteiger partial charge in [0, 0.05) is 23.3 Å². The van der Waals surface area contributed by atoms with E-state index in [2.05, 4.69) is 18.6 Å². The summed E-state index contributed by atoms with van der Waals surface area (Å²) in [6, 6.07) is 12.6. The minimum Gasteiger partial charge on any atom is -0.309 e. The minimum absolute atomic E-state index is 0.0626. The van der Waals surface area contributed by atoms with Gasteiger partial charge in [-0.15, -0.1) is 0 Å². The molecule has 2 aromatic carbocycles. The maximum Gasteiger partial charge on any atom is 0.261 e. The number of benzene rings is 2. The van der Waals surface area contributed by atoms with Crippen molar-refractivity contribution >= 4 is 27.3 Å². The van der Waals surface area contributed by atoms with Crippen LogP contribution in [0.4, 0.5) is 11.4 Å². The lowest BCUT2D eigenvalue weighted by molar-refractivity contribution is -0.125. The highest BCUT2D eigenvalue weighted by Crippen LogP contribution is 2.38. The number of nitrogens with zero attached hydrogens (tertiary/aromatic N) is 1. The maximum absolute atomic E-state index is 12.9. The van der Waals surface area contributed by atoms with E-state index in [1.165, 1.54) is 0 Å². The quantitative estimate of drug-likeness (QED) is 0.775. The molecule has 0 bridgehead atoms. The van der Waals surface area contributed by atoms with Crippen LogP contribution in [-0.4, -0.2) is 20.4 Å². The molecule has 0 spiro atoms. The van der Waals surface area contributed by atoms with Crippen molar-refractivity contribution in [1.29, 1.82) is 0 Å². The highest BCUT2D eigenvalue weighted by Gasteiger charge is 2.37. The fourth-order valence-electron chi connectivity index (χ4n) is 4.11. The number of rotatable bonds is 5. The van der Waals surface area contributed by atoms with Crippen LogP contribution in [-0.2, 0) is 21.2 Å². The maximum atomic E-state index is 12.9. The molecule has 1 aliphatic heterocycles. The van der Waals surface area contributed by atoms with Gasteiger partial charge in [-0.25, -0.2) is 8.42 Å². The molecule has 1 fully saturated rings. The molecule has 0 unspecified atom stereocenters. The first-order valence-electron chi connectivity index (χ1n) is 10.3. The summed E-state index contributed by atoms with van der Waals surface area (Å²) in [6.07, 6.45) is 3.72. The van der Waals surface area contributed by atoms with E-state index in [1.54, 1.807) is 30.3 Å². The Morgan fingerprint density at radius 1 is 1.10 bits per heavy atom. The van der Waals surface area contributed by atoms with E-state index in [4.69, 9.17) is 0 Å². The summed E-state index contributed by atoms with van der Waals surface area (Å²) in [6.45, 7) is 6.23. The standard InChI is InChI=1S/C23H28N2O3S/c1-15(2)17-7-9-20(10-8-17)24-29(27,28)21-11-12-22-19(14-21)13-16(3)25(22)23(26)18-5-4-6-18/h7-12,14-16,18,24H,4-6,13H2,1-3H3/t16-/m1/s1. The average molecular weight is 413 g/mol. The predicted molar refractivity (Wildman–Crippen MR) is 116 cm³/mol. The summed E-state index contributed by atoms with van der Waals surface area (Å²) in [4.78, 5) is 14.9. The Balaban J connectivity index is 1.56. The molecule has 1 atom stereocenters. The van der Waals surface area contributed by atoms with Crippen molar-refractivity contribution in [2.24, 2.45) is 5.92 Å². The number of nitrogens with one attached hydrogen (secondary N) is 1. The second kappa shape index (κ2) is 7.48. The van der Waals surface area contributed by atoms with Crippen molar-refractivity contribution in [2.75, 3.05) is 9.62 Å². The van der Waals surface area contributed by atoms with Crippen LogP contribution in [0.5, 0.6) is 0 Å². The van der Waals surface area contributed by atoms with E-state index >= 15 is 0 Å². The molecule has 6 heteroatoms. The van der Waals surface area contributed by atoms with Crippen LogP contribution < -0.4 is 9.62 Å². The number of hydrogen-bond acceptors (Lipinski definition) is 3. The second-order valence-electron chi connectivity index (χ2n) is 8.56. The van der Waals surface area contributed by atoms with Crippen molar-refractivity contribution in [3.8, 4) is 0 Å². The Morgan fingerprint density at radius 3 is 2.38 bits per heavy atom. The van der Waals surface area contributed by atoms with Gasteiger partial charge < -0.3 is 4.90 Å². The second-order valence-corrected chi connectivity index (χ2v) is 10.2. The largest absolute Gasteiger partial charge is 0.309 e. The number of carbonyl (C=O) groups excluding carboxylic acids is 1. The number of sulfonamides is 1. The third-order valence-electron chi connectivity index (χ3n) is 6.10. The van der Waals surface area contributed by atoms with Gasteiger partial charge in [0.1, 0.15) is 0 Å². The van der Waals surface area contributed by atoms with E-state index in [0.29, 0.717) is 18.0 Å². The molecule has 2 aliphatic rings. The smallest absolute Gasteiger partial charge is 0.261 e. The highest BCUT2D eigenvalue weighted by molar-refractivity contribution is 7.92. The Kier molecular flexibility index (Phi) is 5.15. The highest BCUT2D eigenvalue weighted by atomic mass is 32.2. The Hall–Kier alpha value is -2.34. The first-order chi connectivity index (χ1) is 13.8. The summed E-state index contributed by atoms with van der Waals surface area (Å²) in [5, 5.41) is 0. The summed E-state index contributed by atoms with van der Waals surface area (Å²) < 4.78 is 28.4. The molecule has 154 valence electrons. The zero-order valence-electron chi connectivity index (χ0n) is 17.2. The summed E-state index contributed by atoms with van der Waals surface area (Å²) >= 11 is 0. The van der Waals surface area contributed by atoms with E-state index in [1.807, 2.05) is 24.0 Å². The summed E-state index contributed by atoms with van der Waals surface area (Å²) in [5.74, 6) is 0.703. The lowest BCUT2D eigenvalue weighted by atomic mass is 9.84. The van der Waals surface area contributed by atoms with Gasteiger partial charge in [0.05, 0.1) is 4.90 Å². The van der Waals surface area contributed by atoms with Crippen LogP contribution in [0.1, 0.15) is 57.1 Å². The summed E-state index contributed by atoms with van der Waals surface area (Å²) in [7, 11) is -3.69. The van der Waals surface area contributed by atoms with Crippen molar-refractivity contribution in [2.45, 2.75) is 63.3 Å². The molecule has 29 heavy (non-hydrogen) atoms. The zero-order valence-corrected chi connectivity index (χ0v) is 18.0. The first kappa shape index (κ1) is 20.0. The summed E-state index contributed by atoms with van der Waals surface area (Å²) in [5.41, 5.74) is 3.48. The van der Waals surface area contributed by atoms with Gasteiger partial charge in [0.25, 0.3) is 10.0 Å². The molecule has 0 radical (unpaired) electrons. The lowest BCUT2D eigenvalue weighted by Gasteiger charge is -2.32. The van der Waals surface area contributed by atoms with Crippen LogP contribution in [0.15, 0.2) is 47.4 Å². The van der Waals surface area contributed by atoms with Crippen LogP contribution in [0.2, 0.25) is 0 Å². The number of anilines is 2. The van der Waals surface area contributed by atoms with Gasteiger partial charge >= 0.3 is 0 Å². The minimum atomic E-state index is -3.69. The lowest BCUT2D eigenvalue weighted by Crippen LogP contribution is -2.42. The van der Waals surface area contributed by atoms with E-state index in [9.17, 15) is 13.2 Å². The number of fused-ring (bicyclic) bond motifs is 1. The molecule has 0 aromatic heterocycles. The van der Waals surface area contributed by atoms with Crippen LogP contribution in [0.25, 0.3) is 0 Å². The molecule has 1 amide bonds. The Morgan fingerprint density at radius 2 is 1.79 bits per heavy atom. The Bertz CT molecular complexity index is 1020. The number of amides is 1. The third-order valence-corrected chi connectivity index (χ3v) is 7.48. The normalized spacial score (nSPS) is 19.2. The Labute approximate surface area is 173 Å². The van der Waals surface area contributed by atoms with Gasteiger partial charge in [-0.05, 0) is 73.6 Å². The molecule has 0 saturated heterocycles. The fourth-order valence-corrected chi connectivity index (χ4v) is 5.22. The first-order valence-corrected chi connectivity index (χ1v) is 11.8. The molecular weight excluding hydrogens is 384 g/mol. The molecule has 2 aromatic rings. The topological polar surface area (TPSA) is 66.5 Å². The van der Waals surface area contributed by atoms with E-state index in [0.717, 1.165) is 36.1 Å². The number of carbonyl (C=O) groups is 1. The van der Waals surface area contributed by atoms with Crippen molar-refractivity contribution in [1.82, 2.24) is 0 Å². The molecule has 1 aliphatic carbocycles. The van der Waals surface area contributed by atoms with Gasteiger partial charge in [-0.2, -0.15) is 0 Å². The predicted octanol–water partition coefficient (Wildman–Crippen LogP) is 4.69. The van der Waals surface area contributed by atoms with E-state index < -0.39 is 10.0 Å². The monoisotopic (exact) mass is 412 g/mol. The number of hydrogen-bond donors (Lipinski definition) is 1. The molecule has 4 rings (SSSR count). The van der Waals surface area contributed by atoms with Gasteiger partial charge in [-0.3, -0.25) is 9.52 Å². The molecule has 1 saturated carbocycles. The van der Waals surface area contributed by atoms with Crippen molar-refractivity contribution in [3.63, 3.8) is 0 Å². The molecule has 1 N–H and O–H groups in total. The molecular formula is C23H28N2O3S. The third kappa shape index (κ3) is 3.78. The van der Waals surface area contributed by atoms with Crippen molar-refractivity contribution in [3.05, 3.63) is 53.6 Å². The van der Waals surface area contributed by atoms with Crippen LogP contribution in [0, 0.1) is 5.92 Å².